The number of aryl methyl sites for hydroxylation is 1. The van der Waals surface area contributed by atoms with Crippen molar-refractivity contribution in [3.63, 3.8) is 0 Å². The standard InChI is InChI=1S/C15H21NO4.ClH/c1-3-20-15(19)13(16-11(2)14(17)18)10-9-12-7-5-4-6-8-12;/h4-8,11,13,16H,3,9-10H2,1-2H3,(H,17,18);1H. The molecule has 1 aromatic carbocycles. The van der Waals surface area contributed by atoms with Crippen LogP contribution in [0.5, 0.6) is 0 Å². The van der Waals surface area contributed by atoms with Gasteiger partial charge in [-0.2, -0.15) is 0 Å². The summed E-state index contributed by atoms with van der Waals surface area (Å²) in [6.45, 7) is 3.52. The first kappa shape index (κ1) is 19.4. The van der Waals surface area contributed by atoms with Crippen LogP contribution < -0.4 is 5.32 Å². The Bertz CT molecular complexity index is 439. The van der Waals surface area contributed by atoms with E-state index in [1.807, 2.05) is 30.3 Å². The van der Waals surface area contributed by atoms with E-state index >= 15 is 0 Å². The zero-order valence-corrected chi connectivity index (χ0v) is 13.1. The molecule has 21 heavy (non-hydrogen) atoms. The molecule has 0 aliphatic heterocycles. The lowest BCUT2D eigenvalue weighted by Gasteiger charge is -2.19. The van der Waals surface area contributed by atoms with Crippen LogP contribution in [0.25, 0.3) is 0 Å². The van der Waals surface area contributed by atoms with Crippen LogP contribution in [-0.4, -0.2) is 35.7 Å². The molecule has 2 unspecified atom stereocenters. The minimum atomic E-state index is -0.987. The molecule has 0 heterocycles. The van der Waals surface area contributed by atoms with Crippen LogP contribution in [0.2, 0.25) is 0 Å². The number of benzene rings is 1. The van der Waals surface area contributed by atoms with E-state index in [1.165, 1.54) is 6.92 Å². The van der Waals surface area contributed by atoms with Crippen molar-refractivity contribution in [1.29, 1.82) is 0 Å². The molecule has 2 N–H and O–H groups in total. The first-order valence-corrected chi connectivity index (χ1v) is 6.74. The van der Waals surface area contributed by atoms with Gasteiger partial charge >= 0.3 is 11.9 Å². The Labute approximate surface area is 131 Å². The number of carbonyl (C=O) groups is 2. The van der Waals surface area contributed by atoms with Crippen LogP contribution in [0.15, 0.2) is 30.3 Å². The molecule has 0 aliphatic rings. The van der Waals surface area contributed by atoms with E-state index in [0.717, 1.165) is 5.56 Å². The van der Waals surface area contributed by atoms with Crippen molar-refractivity contribution in [1.82, 2.24) is 5.32 Å². The Morgan fingerprint density at radius 3 is 2.43 bits per heavy atom. The van der Waals surface area contributed by atoms with Gasteiger partial charge in [-0.1, -0.05) is 30.3 Å². The van der Waals surface area contributed by atoms with Crippen molar-refractivity contribution in [2.24, 2.45) is 0 Å². The van der Waals surface area contributed by atoms with Gasteiger partial charge in [-0.05, 0) is 32.3 Å². The third-order valence-electron chi connectivity index (χ3n) is 2.96. The summed E-state index contributed by atoms with van der Waals surface area (Å²) in [7, 11) is 0. The van der Waals surface area contributed by atoms with Gasteiger partial charge in [0.1, 0.15) is 12.1 Å². The van der Waals surface area contributed by atoms with E-state index in [9.17, 15) is 9.59 Å². The first-order chi connectivity index (χ1) is 9.54. The number of hydrogen-bond donors (Lipinski definition) is 2. The number of aliphatic carboxylic acids is 1. The maximum Gasteiger partial charge on any atom is 0.323 e. The van der Waals surface area contributed by atoms with E-state index in [2.05, 4.69) is 5.32 Å². The highest BCUT2D eigenvalue weighted by atomic mass is 35.5. The van der Waals surface area contributed by atoms with Gasteiger partial charge in [0.25, 0.3) is 0 Å². The maximum absolute atomic E-state index is 11.8. The van der Waals surface area contributed by atoms with Crippen molar-refractivity contribution in [3.8, 4) is 0 Å². The number of rotatable bonds is 8. The summed E-state index contributed by atoms with van der Waals surface area (Å²) in [5.74, 6) is -1.39. The van der Waals surface area contributed by atoms with E-state index in [1.54, 1.807) is 6.92 Å². The molecule has 1 aromatic rings. The number of carboxylic acids is 1. The predicted octanol–water partition coefficient (Wildman–Crippen LogP) is 2.04. The third-order valence-corrected chi connectivity index (χ3v) is 2.96. The average Bonchev–Trinajstić information content (AvgIpc) is 2.44. The maximum atomic E-state index is 11.8. The van der Waals surface area contributed by atoms with Crippen molar-refractivity contribution in [3.05, 3.63) is 35.9 Å². The van der Waals surface area contributed by atoms with Gasteiger partial charge < -0.3 is 9.84 Å². The van der Waals surface area contributed by atoms with Gasteiger partial charge in [-0.15, -0.1) is 12.4 Å². The minimum absolute atomic E-state index is 0. The second-order valence-corrected chi connectivity index (χ2v) is 4.56. The fourth-order valence-corrected chi connectivity index (χ4v) is 1.84. The molecule has 0 fully saturated rings. The van der Waals surface area contributed by atoms with Gasteiger partial charge in [-0.3, -0.25) is 14.9 Å². The first-order valence-electron chi connectivity index (χ1n) is 6.74. The topological polar surface area (TPSA) is 75.6 Å². The van der Waals surface area contributed by atoms with Crippen molar-refractivity contribution in [2.75, 3.05) is 6.61 Å². The molecule has 0 saturated heterocycles. The largest absolute Gasteiger partial charge is 0.480 e. The number of halogens is 1. The molecular formula is C15H22ClNO4. The summed E-state index contributed by atoms with van der Waals surface area (Å²) in [4.78, 5) is 22.7. The molecule has 0 aromatic heterocycles. The fourth-order valence-electron chi connectivity index (χ4n) is 1.84. The molecule has 6 heteroatoms. The van der Waals surface area contributed by atoms with Gasteiger partial charge in [-0.25, -0.2) is 0 Å². The highest BCUT2D eigenvalue weighted by Crippen LogP contribution is 2.07. The van der Waals surface area contributed by atoms with Crippen LogP contribution in [0, 0.1) is 0 Å². The number of carboxylic acid groups (broad SMARTS) is 1. The Hall–Kier alpha value is -1.59. The minimum Gasteiger partial charge on any atom is -0.480 e. The quantitative estimate of drug-likeness (QED) is 0.718. The van der Waals surface area contributed by atoms with Crippen molar-refractivity contribution in [2.45, 2.75) is 38.8 Å². The Morgan fingerprint density at radius 2 is 1.90 bits per heavy atom. The van der Waals surface area contributed by atoms with E-state index in [-0.39, 0.29) is 19.0 Å². The third kappa shape index (κ3) is 7.11. The average molecular weight is 316 g/mol. The Kier molecular flexibility index (Phi) is 9.41. The molecule has 2 atom stereocenters. The zero-order valence-electron chi connectivity index (χ0n) is 12.2. The number of carbonyl (C=O) groups excluding carboxylic acids is 1. The molecule has 0 bridgehead atoms. The van der Waals surface area contributed by atoms with Gasteiger partial charge in [0.05, 0.1) is 6.61 Å². The molecular weight excluding hydrogens is 294 g/mol. The zero-order chi connectivity index (χ0) is 15.0. The molecule has 5 nitrogen and oxygen atoms in total. The molecule has 0 saturated carbocycles. The smallest absolute Gasteiger partial charge is 0.323 e. The SMILES string of the molecule is CCOC(=O)C(CCc1ccccc1)NC(C)C(=O)O.Cl. The highest BCUT2D eigenvalue weighted by molar-refractivity contribution is 5.85. The lowest BCUT2D eigenvalue weighted by Crippen LogP contribution is -2.46. The number of ether oxygens (including phenoxy) is 1. The Balaban J connectivity index is 0.00000400. The van der Waals surface area contributed by atoms with Crippen LogP contribution in [0.3, 0.4) is 0 Å². The van der Waals surface area contributed by atoms with Crippen LogP contribution in [-0.2, 0) is 20.7 Å². The molecule has 0 aliphatic carbocycles. The summed E-state index contributed by atoms with van der Waals surface area (Å²) < 4.78 is 4.98. The van der Waals surface area contributed by atoms with E-state index < -0.39 is 24.0 Å². The molecule has 0 spiro atoms. The second-order valence-electron chi connectivity index (χ2n) is 4.56. The highest BCUT2D eigenvalue weighted by Gasteiger charge is 2.24. The summed E-state index contributed by atoms with van der Waals surface area (Å²) >= 11 is 0. The summed E-state index contributed by atoms with van der Waals surface area (Å²) in [6, 6.07) is 8.34. The molecule has 0 radical (unpaired) electrons. The monoisotopic (exact) mass is 315 g/mol. The molecule has 0 amide bonds. The van der Waals surface area contributed by atoms with Crippen LogP contribution in [0.1, 0.15) is 25.8 Å². The molecule has 1 rings (SSSR count). The van der Waals surface area contributed by atoms with Gasteiger partial charge in [0.15, 0.2) is 0 Å². The van der Waals surface area contributed by atoms with Gasteiger partial charge in [0, 0.05) is 0 Å². The van der Waals surface area contributed by atoms with Crippen LogP contribution >= 0.6 is 12.4 Å². The summed E-state index contributed by atoms with van der Waals surface area (Å²) in [6.07, 6.45) is 1.18. The van der Waals surface area contributed by atoms with Crippen molar-refractivity contribution < 1.29 is 19.4 Å². The summed E-state index contributed by atoms with van der Waals surface area (Å²) in [5.41, 5.74) is 1.10. The number of nitrogens with one attached hydrogen (secondary N) is 1. The lowest BCUT2D eigenvalue weighted by molar-refractivity contribution is -0.147. The predicted molar refractivity (Wildman–Crippen MR) is 82.7 cm³/mol. The second kappa shape index (κ2) is 10.2. The fraction of sp³-hybridized carbons (Fsp3) is 0.467. The van der Waals surface area contributed by atoms with E-state index in [4.69, 9.17) is 9.84 Å². The number of esters is 1. The van der Waals surface area contributed by atoms with E-state index in [0.29, 0.717) is 12.8 Å². The lowest BCUT2D eigenvalue weighted by atomic mass is 10.0. The van der Waals surface area contributed by atoms with Crippen molar-refractivity contribution >= 4 is 24.3 Å². The summed E-state index contributed by atoms with van der Waals surface area (Å²) in [5, 5.41) is 11.7. The molecule has 118 valence electrons. The van der Waals surface area contributed by atoms with Crippen LogP contribution in [0.4, 0.5) is 0 Å². The Morgan fingerprint density at radius 1 is 1.29 bits per heavy atom. The van der Waals surface area contributed by atoms with Gasteiger partial charge in [0.2, 0.25) is 0 Å². The normalized spacial score (nSPS) is 12.9. The number of hydrogen-bond acceptors (Lipinski definition) is 4.